The van der Waals surface area contributed by atoms with Gasteiger partial charge in [0.2, 0.25) is 5.91 Å². The van der Waals surface area contributed by atoms with E-state index in [2.05, 4.69) is 31.5 Å². The minimum atomic E-state index is 0.0740. The van der Waals surface area contributed by atoms with Crippen molar-refractivity contribution in [3.63, 3.8) is 0 Å². The molecule has 2 fully saturated rings. The number of aromatic nitrogens is 3. The van der Waals surface area contributed by atoms with E-state index in [1.807, 2.05) is 6.07 Å². The average molecular weight is 348 g/mol. The number of thioether (sulfide) groups is 1. The van der Waals surface area contributed by atoms with Crippen LogP contribution in [0.2, 0.25) is 0 Å². The molecule has 0 atom stereocenters. The molecule has 4 rings (SSSR count). The van der Waals surface area contributed by atoms with Gasteiger partial charge in [0.1, 0.15) is 5.82 Å². The van der Waals surface area contributed by atoms with Gasteiger partial charge in [0, 0.05) is 23.4 Å². The molecular weight excluding hydrogens is 328 g/mol. The van der Waals surface area contributed by atoms with Gasteiger partial charge in [-0.25, -0.2) is 0 Å². The second kappa shape index (κ2) is 6.65. The van der Waals surface area contributed by atoms with Crippen molar-refractivity contribution in [3.05, 3.63) is 28.2 Å². The predicted octanol–water partition coefficient (Wildman–Crippen LogP) is 3.00. The maximum atomic E-state index is 12.0. The van der Waals surface area contributed by atoms with E-state index in [4.69, 9.17) is 0 Å². The molecule has 0 radical (unpaired) electrons. The van der Waals surface area contributed by atoms with E-state index in [9.17, 15) is 4.79 Å². The summed E-state index contributed by atoms with van der Waals surface area (Å²) < 4.78 is 2.29. The van der Waals surface area contributed by atoms with E-state index in [0.717, 1.165) is 17.4 Å². The van der Waals surface area contributed by atoms with E-state index >= 15 is 0 Å². The molecule has 2 aromatic rings. The fourth-order valence-corrected chi connectivity index (χ4v) is 4.20. The number of amides is 1. The van der Waals surface area contributed by atoms with Crippen molar-refractivity contribution in [3.8, 4) is 0 Å². The predicted molar refractivity (Wildman–Crippen MR) is 92.0 cm³/mol. The van der Waals surface area contributed by atoms with Crippen molar-refractivity contribution in [2.75, 3.05) is 12.3 Å². The normalized spacial score (nSPS) is 17.4. The van der Waals surface area contributed by atoms with Crippen LogP contribution in [0.15, 0.2) is 22.7 Å². The Labute approximate surface area is 143 Å². The summed E-state index contributed by atoms with van der Waals surface area (Å²) >= 11 is 3.25. The zero-order chi connectivity index (χ0) is 15.6. The van der Waals surface area contributed by atoms with Crippen LogP contribution in [0, 0.1) is 0 Å². The maximum Gasteiger partial charge on any atom is 0.230 e. The van der Waals surface area contributed by atoms with Gasteiger partial charge in [0.15, 0.2) is 5.16 Å². The highest BCUT2D eigenvalue weighted by Crippen LogP contribution is 2.45. The molecular formula is C16H20N4OS2. The first kappa shape index (κ1) is 15.2. The van der Waals surface area contributed by atoms with Crippen molar-refractivity contribution in [2.45, 2.75) is 49.2 Å². The van der Waals surface area contributed by atoms with Crippen LogP contribution in [-0.2, 0) is 11.2 Å². The largest absolute Gasteiger partial charge is 0.355 e. The Hall–Kier alpha value is -1.34. The number of carbonyl (C=O) groups excluding carboxylic acids is 1. The van der Waals surface area contributed by atoms with Crippen LogP contribution in [0.1, 0.15) is 48.3 Å². The Morgan fingerprint density at radius 1 is 1.35 bits per heavy atom. The number of carbonyl (C=O) groups is 1. The van der Waals surface area contributed by atoms with Crippen molar-refractivity contribution >= 4 is 29.0 Å². The molecule has 2 heterocycles. The highest BCUT2D eigenvalue weighted by Gasteiger charge is 2.36. The van der Waals surface area contributed by atoms with E-state index in [1.54, 1.807) is 11.3 Å². The molecule has 5 nitrogen and oxygen atoms in total. The number of nitrogens with zero attached hydrogens (tertiary/aromatic N) is 3. The molecule has 0 aliphatic heterocycles. The van der Waals surface area contributed by atoms with Gasteiger partial charge in [0.25, 0.3) is 0 Å². The van der Waals surface area contributed by atoms with Gasteiger partial charge < -0.3 is 9.88 Å². The van der Waals surface area contributed by atoms with Gasteiger partial charge in [-0.3, -0.25) is 4.79 Å². The van der Waals surface area contributed by atoms with Crippen LogP contribution in [0.4, 0.5) is 0 Å². The molecule has 0 bridgehead atoms. The molecule has 23 heavy (non-hydrogen) atoms. The van der Waals surface area contributed by atoms with E-state index in [0.29, 0.717) is 24.3 Å². The van der Waals surface area contributed by atoms with E-state index in [1.165, 1.54) is 42.3 Å². The van der Waals surface area contributed by atoms with Crippen LogP contribution < -0.4 is 5.32 Å². The Kier molecular flexibility index (Phi) is 4.39. The van der Waals surface area contributed by atoms with Gasteiger partial charge in [-0.05, 0) is 43.6 Å². The minimum absolute atomic E-state index is 0.0740. The average Bonchev–Trinajstić information content (AvgIpc) is 3.48. The van der Waals surface area contributed by atoms with Gasteiger partial charge in [-0.1, -0.05) is 17.8 Å². The SMILES string of the molecule is O=C(CSc1nnc(C2CC2)n1C1CC1)NCCc1cccs1. The van der Waals surface area contributed by atoms with Gasteiger partial charge in [0.05, 0.1) is 5.75 Å². The first-order chi connectivity index (χ1) is 11.3. The fraction of sp³-hybridized carbons (Fsp3) is 0.562. The second-order valence-corrected chi connectivity index (χ2v) is 8.16. The van der Waals surface area contributed by atoms with Crippen molar-refractivity contribution in [2.24, 2.45) is 0 Å². The Morgan fingerprint density at radius 2 is 2.22 bits per heavy atom. The zero-order valence-corrected chi connectivity index (χ0v) is 14.5. The smallest absolute Gasteiger partial charge is 0.230 e. The summed E-state index contributed by atoms with van der Waals surface area (Å²) in [7, 11) is 0. The number of rotatable bonds is 8. The third kappa shape index (κ3) is 3.77. The summed E-state index contributed by atoms with van der Waals surface area (Å²) in [5.74, 6) is 2.25. The number of thiophene rings is 1. The standard InChI is InChI=1S/C16H20N4OS2/c21-14(17-8-7-13-2-1-9-22-13)10-23-16-19-18-15(11-3-4-11)20(16)12-5-6-12/h1-2,9,11-12H,3-8,10H2,(H,17,21). The Morgan fingerprint density at radius 3 is 2.91 bits per heavy atom. The van der Waals surface area contributed by atoms with Crippen LogP contribution in [-0.4, -0.2) is 33.0 Å². The summed E-state index contributed by atoms with van der Waals surface area (Å²) in [6.07, 6.45) is 5.81. The summed E-state index contributed by atoms with van der Waals surface area (Å²) in [6.45, 7) is 0.697. The van der Waals surface area contributed by atoms with Crippen molar-refractivity contribution in [1.82, 2.24) is 20.1 Å². The first-order valence-electron chi connectivity index (χ1n) is 8.18. The van der Waals surface area contributed by atoms with Crippen LogP contribution in [0.5, 0.6) is 0 Å². The summed E-state index contributed by atoms with van der Waals surface area (Å²) in [4.78, 5) is 13.3. The Bertz CT molecular complexity index is 674. The maximum absolute atomic E-state index is 12.0. The number of hydrogen-bond donors (Lipinski definition) is 1. The summed E-state index contributed by atoms with van der Waals surface area (Å²) in [5.41, 5.74) is 0. The first-order valence-corrected chi connectivity index (χ1v) is 10.0. The van der Waals surface area contributed by atoms with Crippen LogP contribution in [0.25, 0.3) is 0 Å². The van der Waals surface area contributed by atoms with E-state index in [-0.39, 0.29) is 5.91 Å². The molecule has 2 aliphatic rings. The van der Waals surface area contributed by atoms with Gasteiger partial charge >= 0.3 is 0 Å². The molecule has 122 valence electrons. The zero-order valence-electron chi connectivity index (χ0n) is 12.9. The number of nitrogens with one attached hydrogen (secondary N) is 1. The quantitative estimate of drug-likeness (QED) is 0.745. The monoisotopic (exact) mass is 348 g/mol. The molecule has 0 spiro atoms. The molecule has 1 amide bonds. The van der Waals surface area contributed by atoms with Crippen molar-refractivity contribution < 1.29 is 4.79 Å². The third-order valence-electron chi connectivity index (χ3n) is 4.15. The van der Waals surface area contributed by atoms with Gasteiger partial charge in [-0.2, -0.15) is 0 Å². The summed E-state index contributed by atoms with van der Waals surface area (Å²) in [6, 6.07) is 4.72. The molecule has 2 saturated carbocycles. The van der Waals surface area contributed by atoms with Gasteiger partial charge in [-0.15, -0.1) is 21.5 Å². The summed E-state index contributed by atoms with van der Waals surface area (Å²) in [5, 5.41) is 14.7. The molecule has 2 aromatic heterocycles. The van der Waals surface area contributed by atoms with Crippen molar-refractivity contribution in [1.29, 1.82) is 0 Å². The van der Waals surface area contributed by atoms with Crippen LogP contribution in [0.3, 0.4) is 0 Å². The second-order valence-electron chi connectivity index (χ2n) is 6.18. The molecule has 7 heteroatoms. The lowest BCUT2D eigenvalue weighted by molar-refractivity contribution is -0.118. The van der Waals surface area contributed by atoms with E-state index < -0.39 is 0 Å². The Balaban J connectivity index is 1.28. The lowest BCUT2D eigenvalue weighted by Crippen LogP contribution is -2.27. The topological polar surface area (TPSA) is 59.8 Å². The minimum Gasteiger partial charge on any atom is -0.355 e. The highest BCUT2D eigenvalue weighted by atomic mass is 32.2. The molecule has 2 aliphatic carbocycles. The highest BCUT2D eigenvalue weighted by molar-refractivity contribution is 7.99. The third-order valence-corrected chi connectivity index (χ3v) is 6.03. The van der Waals surface area contributed by atoms with Crippen LogP contribution >= 0.6 is 23.1 Å². The lowest BCUT2D eigenvalue weighted by Gasteiger charge is -2.08. The molecule has 0 aromatic carbocycles. The molecule has 0 saturated heterocycles. The molecule has 1 N–H and O–H groups in total. The molecule has 0 unspecified atom stereocenters. The lowest BCUT2D eigenvalue weighted by atomic mass is 10.3. The fourth-order valence-electron chi connectivity index (χ4n) is 2.64. The number of hydrogen-bond acceptors (Lipinski definition) is 5.